The molecule has 0 radical (unpaired) electrons. The number of aliphatic hydroxyl groups excluding tert-OH is 1. The number of rotatable bonds is 17. The summed E-state index contributed by atoms with van der Waals surface area (Å²) in [7, 11) is -3.84. The van der Waals surface area contributed by atoms with Gasteiger partial charge in [-0.25, -0.2) is 9.59 Å². The zero-order valence-corrected chi connectivity index (χ0v) is 36.6. The maximum absolute atomic E-state index is 16.1. The lowest BCUT2D eigenvalue weighted by Crippen LogP contribution is -2.34. The lowest BCUT2D eigenvalue weighted by molar-refractivity contribution is 0.00255. The van der Waals surface area contributed by atoms with Gasteiger partial charge in [-0.15, -0.1) is 0 Å². The summed E-state index contributed by atoms with van der Waals surface area (Å²) >= 11 is 0. The molecule has 9 nitrogen and oxygen atoms in total. The molecule has 1 heterocycles. The van der Waals surface area contributed by atoms with Crippen LogP contribution >= 0.6 is 7.37 Å². The van der Waals surface area contributed by atoms with Gasteiger partial charge in [-0.3, -0.25) is 4.57 Å². The number of hydrogen-bond donors (Lipinski definition) is 1. The topological polar surface area (TPSA) is 118 Å². The van der Waals surface area contributed by atoms with E-state index in [9.17, 15) is 14.7 Å². The van der Waals surface area contributed by atoms with Crippen LogP contribution in [0.15, 0.2) is 182 Å². The van der Waals surface area contributed by atoms with Crippen LogP contribution in [0.5, 0.6) is 17.2 Å². The number of benzene rings is 7. The zero-order valence-electron chi connectivity index (χ0n) is 35.7. The number of carbonyl (C=O) groups is 2. The molecule has 0 fully saturated rings. The fraction of sp³-hybridized carbons (Fsp3) is 0.185. The van der Waals surface area contributed by atoms with E-state index in [1.807, 2.05) is 147 Å². The van der Waals surface area contributed by atoms with Crippen molar-refractivity contribution in [2.45, 2.75) is 44.1 Å². The molecule has 10 heteroatoms. The van der Waals surface area contributed by atoms with Gasteiger partial charge in [-0.1, -0.05) is 127 Å². The van der Waals surface area contributed by atoms with Crippen molar-refractivity contribution in [1.82, 2.24) is 0 Å². The van der Waals surface area contributed by atoms with E-state index >= 15 is 4.57 Å². The van der Waals surface area contributed by atoms with Crippen LogP contribution in [0.1, 0.15) is 56.3 Å². The van der Waals surface area contributed by atoms with Gasteiger partial charge in [0.15, 0.2) is 6.10 Å². The van der Waals surface area contributed by atoms with Crippen molar-refractivity contribution in [1.29, 1.82) is 0 Å². The molecule has 0 aromatic heterocycles. The van der Waals surface area contributed by atoms with Crippen molar-refractivity contribution in [2.24, 2.45) is 0 Å². The predicted octanol–water partition coefficient (Wildman–Crippen LogP) is 10.8. The second-order valence-electron chi connectivity index (χ2n) is 15.9. The SMILES string of the molecule is Cc1ccc(OCC(COc2ccc(C(C)(c3ccc(CCC(CO)OC(=O)c4ccccc4)cc3)P3(=O)Oc4ccccc4-c4ccccc43)cc2)OC(=O)c2ccccc2)cc1. The summed E-state index contributed by atoms with van der Waals surface area (Å²) in [6, 6.07) is 55.8. The normalized spacial score (nSPS) is 15.8. The molecule has 7 aromatic carbocycles. The molecule has 324 valence electrons. The molecule has 1 aliphatic rings. The van der Waals surface area contributed by atoms with E-state index in [0.717, 1.165) is 33.4 Å². The predicted molar refractivity (Wildman–Crippen MR) is 248 cm³/mol. The molecule has 7 aromatic rings. The van der Waals surface area contributed by atoms with E-state index in [1.54, 1.807) is 48.5 Å². The van der Waals surface area contributed by atoms with Crippen molar-refractivity contribution >= 4 is 24.6 Å². The van der Waals surface area contributed by atoms with Crippen molar-refractivity contribution in [3.63, 3.8) is 0 Å². The Labute approximate surface area is 373 Å². The molecule has 0 bridgehead atoms. The number of carbonyl (C=O) groups excluding carboxylic acids is 2. The van der Waals surface area contributed by atoms with E-state index in [4.69, 9.17) is 23.5 Å². The van der Waals surface area contributed by atoms with Crippen LogP contribution in [0, 0.1) is 6.92 Å². The number of hydrogen-bond acceptors (Lipinski definition) is 9. The highest BCUT2D eigenvalue weighted by atomic mass is 31.2. The van der Waals surface area contributed by atoms with E-state index in [2.05, 4.69) is 0 Å². The van der Waals surface area contributed by atoms with E-state index in [0.29, 0.717) is 46.5 Å². The Balaban J connectivity index is 1.06. The molecule has 64 heavy (non-hydrogen) atoms. The first kappa shape index (κ1) is 43.7. The summed E-state index contributed by atoms with van der Waals surface area (Å²) in [6.45, 7) is 3.72. The Morgan fingerprint density at radius 3 is 1.66 bits per heavy atom. The first-order chi connectivity index (χ1) is 31.1. The molecular formula is C54H49O9P. The van der Waals surface area contributed by atoms with Crippen LogP contribution in [0.2, 0.25) is 0 Å². The standard InChI is InChI=1S/C54H49O9P/c1-38-21-30-44(31-22-38)59-36-47(62-53(57)41-15-7-4-8-16-41)37-60-45-33-28-43(29-34-45)54(2,64(58)51-20-12-10-18-49(51)48-17-9-11-19-50(48)63-64)42-26-23-39(24-27-42)25-32-46(35-55)61-52(56)40-13-5-3-6-14-40/h3-24,26-31,33-34,46-47,55H,25,32,35-37H2,1-2H3. The van der Waals surface area contributed by atoms with Crippen LogP contribution < -0.4 is 19.3 Å². The highest BCUT2D eigenvalue weighted by Crippen LogP contribution is 2.69. The van der Waals surface area contributed by atoms with Gasteiger partial charge >= 0.3 is 11.9 Å². The maximum atomic E-state index is 16.1. The van der Waals surface area contributed by atoms with Crippen LogP contribution in [-0.2, 0) is 25.6 Å². The molecule has 8 rings (SSSR count). The minimum Gasteiger partial charge on any atom is -0.490 e. The summed E-state index contributed by atoms with van der Waals surface area (Å²) in [6.07, 6.45) is -0.501. The second kappa shape index (κ2) is 19.6. The molecule has 0 spiro atoms. The van der Waals surface area contributed by atoms with Gasteiger partial charge in [0.1, 0.15) is 41.7 Å². The monoisotopic (exact) mass is 872 g/mol. The van der Waals surface area contributed by atoms with Gasteiger partial charge in [0.25, 0.3) is 7.37 Å². The van der Waals surface area contributed by atoms with Gasteiger partial charge in [0.05, 0.1) is 23.0 Å². The first-order valence-corrected chi connectivity index (χ1v) is 22.9. The third-order valence-electron chi connectivity index (χ3n) is 11.6. The number of para-hydroxylation sites is 1. The van der Waals surface area contributed by atoms with Crippen molar-refractivity contribution in [3.8, 4) is 28.4 Å². The Hall–Kier alpha value is -6.93. The lowest BCUT2D eigenvalue weighted by atomic mass is 9.90. The third kappa shape index (κ3) is 9.52. The molecule has 0 aliphatic carbocycles. The minimum atomic E-state index is -3.84. The van der Waals surface area contributed by atoms with Gasteiger partial charge in [0.2, 0.25) is 0 Å². The molecule has 1 N–H and O–H groups in total. The minimum absolute atomic E-state index is 0.0108. The molecule has 0 saturated carbocycles. The number of ether oxygens (including phenoxy) is 4. The Kier molecular flexibility index (Phi) is 13.4. The smallest absolute Gasteiger partial charge is 0.338 e. The third-order valence-corrected chi connectivity index (χ3v) is 14.7. The van der Waals surface area contributed by atoms with Crippen molar-refractivity contribution in [3.05, 3.63) is 215 Å². The van der Waals surface area contributed by atoms with Crippen LogP contribution in [0.4, 0.5) is 0 Å². The van der Waals surface area contributed by atoms with E-state index in [1.165, 1.54) is 0 Å². The highest BCUT2D eigenvalue weighted by Gasteiger charge is 2.53. The average Bonchev–Trinajstić information content (AvgIpc) is 3.34. The fourth-order valence-corrected chi connectivity index (χ4v) is 10.8. The molecule has 1 aliphatic heterocycles. The van der Waals surface area contributed by atoms with E-state index < -0.39 is 36.7 Å². The number of aliphatic hydroxyl groups is 1. The average molecular weight is 873 g/mol. The van der Waals surface area contributed by atoms with Crippen LogP contribution in [-0.4, -0.2) is 49.1 Å². The summed E-state index contributed by atoms with van der Waals surface area (Å²) in [5, 5.41) is 9.48. The number of aryl methyl sites for hydroxylation is 2. The fourth-order valence-electron chi connectivity index (χ4n) is 7.86. The number of esters is 2. The Morgan fingerprint density at radius 2 is 1.08 bits per heavy atom. The van der Waals surface area contributed by atoms with Crippen LogP contribution in [0.25, 0.3) is 11.1 Å². The number of fused-ring (bicyclic) bond motifs is 3. The van der Waals surface area contributed by atoms with Gasteiger partial charge in [-0.05, 0) is 110 Å². The molecule has 4 unspecified atom stereocenters. The van der Waals surface area contributed by atoms with Crippen molar-refractivity contribution < 1.29 is 42.7 Å². The van der Waals surface area contributed by atoms with Crippen molar-refractivity contribution in [2.75, 3.05) is 19.8 Å². The Morgan fingerprint density at radius 1 is 0.594 bits per heavy atom. The molecular weight excluding hydrogens is 824 g/mol. The molecule has 0 saturated heterocycles. The van der Waals surface area contributed by atoms with Gasteiger partial charge in [0, 0.05) is 5.56 Å². The molecule has 4 atom stereocenters. The quantitative estimate of drug-likeness (QED) is 0.0705. The first-order valence-electron chi connectivity index (χ1n) is 21.3. The van der Waals surface area contributed by atoms with E-state index in [-0.39, 0.29) is 19.8 Å². The maximum Gasteiger partial charge on any atom is 0.338 e. The summed E-state index contributed by atoms with van der Waals surface area (Å²) in [5.41, 5.74) is 6.09. The lowest BCUT2D eigenvalue weighted by Gasteiger charge is -2.41. The second-order valence-corrected chi connectivity index (χ2v) is 18.6. The zero-order chi connectivity index (χ0) is 44.5. The molecule has 0 amide bonds. The van der Waals surface area contributed by atoms with Gasteiger partial charge < -0.3 is 28.6 Å². The highest BCUT2D eigenvalue weighted by molar-refractivity contribution is 7.69. The summed E-state index contributed by atoms with van der Waals surface area (Å²) in [4.78, 5) is 25.9. The largest absolute Gasteiger partial charge is 0.490 e. The Bertz CT molecular complexity index is 2720. The van der Waals surface area contributed by atoms with Gasteiger partial charge in [-0.2, -0.15) is 0 Å². The summed E-state index contributed by atoms with van der Waals surface area (Å²) < 4.78 is 46.7. The van der Waals surface area contributed by atoms with Crippen LogP contribution in [0.3, 0.4) is 0 Å². The summed E-state index contributed by atoms with van der Waals surface area (Å²) in [5.74, 6) is 0.719.